The number of aliphatic hydroxyl groups is 2. The number of carbonyl (C=O) groups excluding carboxylic acids is 4. The number of pyridine rings is 1. The van der Waals surface area contributed by atoms with E-state index in [1.54, 1.807) is 29.7 Å². The second-order valence-corrected chi connectivity index (χ2v) is 26.6. The van der Waals surface area contributed by atoms with Gasteiger partial charge in [0, 0.05) is 57.2 Å². The van der Waals surface area contributed by atoms with E-state index in [4.69, 9.17) is 29.2 Å². The number of hydrogen-bond acceptors (Lipinski definition) is 16. The Bertz CT molecular complexity index is 3240. The predicted molar refractivity (Wildman–Crippen MR) is 324 cm³/mol. The topological polar surface area (TPSA) is 225 Å². The number of carbonyl (C=O) groups is 4. The molecule has 1 aromatic carbocycles. The number of nitrogens with one attached hydrogen (secondary N) is 2. The normalized spacial score (nSPS) is 23.5. The lowest BCUT2D eigenvalue weighted by atomic mass is 9.72. The molecule has 4 aliphatic heterocycles. The van der Waals surface area contributed by atoms with Crippen molar-refractivity contribution < 1.29 is 48.0 Å². The summed E-state index contributed by atoms with van der Waals surface area (Å²) in [4.78, 5) is 82.4. The Morgan fingerprint density at radius 2 is 1.67 bits per heavy atom. The molecule has 0 radical (unpaired) electrons. The average Bonchev–Trinajstić information content (AvgIpc) is 2.09. The summed E-state index contributed by atoms with van der Waals surface area (Å²) in [6.45, 7) is 20.5. The zero-order valence-electron chi connectivity index (χ0n) is 50.5. The number of amides is 4. The Morgan fingerprint density at radius 1 is 0.941 bits per heavy atom. The minimum absolute atomic E-state index is 0.0270. The first kappa shape index (κ1) is 61.3. The Kier molecular flexibility index (Phi) is 18.5. The van der Waals surface area contributed by atoms with Crippen LogP contribution in [0, 0.1) is 35.9 Å². The SMILES string of the molecule is CCC1=CC=CC2C=C(O)C=C(c3ncc4c(N5CC6CCC(C5)N6C(=O)OC(C)(C)C)nc(OCCN5CCC(CCOCC(=O)N[C@H](C(=O)N6C[C@H](O)C[C@H]6C(=O)N[C@@H](C)c6ccc(-c7scnc7C)cc6)C(C)(C)C)CC5)nc4c3F)C12. The van der Waals surface area contributed by atoms with E-state index in [2.05, 4.69) is 38.4 Å². The summed E-state index contributed by atoms with van der Waals surface area (Å²) in [5.74, 6) is -1.32. The molecule has 85 heavy (non-hydrogen) atoms. The minimum Gasteiger partial charge on any atom is -0.508 e. The maximum atomic E-state index is 17.4. The number of hydrogen-bond donors (Lipinski definition) is 4. The number of thiazole rings is 1. The molecule has 8 atom stereocenters. The number of rotatable bonds is 18. The molecule has 4 fully saturated rings. The number of nitrogens with zero attached hydrogens (tertiary/aromatic N) is 8. The van der Waals surface area contributed by atoms with Gasteiger partial charge in [-0.05, 0) is 126 Å². The van der Waals surface area contributed by atoms with Gasteiger partial charge in [0.15, 0.2) is 5.82 Å². The molecule has 10 rings (SSSR count). The number of benzene rings is 1. The number of likely N-dealkylation sites (tertiary alicyclic amines) is 2. The van der Waals surface area contributed by atoms with Gasteiger partial charge in [-0.1, -0.05) is 75.8 Å². The van der Waals surface area contributed by atoms with Crippen molar-refractivity contribution >= 4 is 57.4 Å². The first-order valence-electron chi connectivity index (χ1n) is 30.2. The maximum absolute atomic E-state index is 17.4. The van der Waals surface area contributed by atoms with Crippen molar-refractivity contribution in [1.82, 2.24) is 45.3 Å². The van der Waals surface area contributed by atoms with Crippen LogP contribution in [0.2, 0.25) is 0 Å². The Labute approximate surface area is 501 Å². The zero-order valence-corrected chi connectivity index (χ0v) is 51.3. The van der Waals surface area contributed by atoms with Gasteiger partial charge in [0.2, 0.25) is 17.7 Å². The lowest BCUT2D eigenvalue weighted by molar-refractivity contribution is -0.144. The molecule has 21 heteroatoms. The summed E-state index contributed by atoms with van der Waals surface area (Å²) in [6, 6.07) is 5.47. The van der Waals surface area contributed by atoms with Crippen molar-refractivity contribution in [3.05, 3.63) is 100 Å². The van der Waals surface area contributed by atoms with Crippen molar-refractivity contribution in [2.45, 2.75) is 149 Å². The monoisotopic (exact) mass is 1190 g/mol. The van der Waals surface area contributed by atoms with Crippen LogP contribution in [0.5, 0.6) is 6.01 Å². The molecule has 7 heterocycles. The highest BCUT2D eigenvalue weighted by Gasteiger charge is 2.47. The maximum Gasteiger partial charge on any atom is 0.410 e. The number of ether oxygens (including phenoxy) is 3. The van der Waals surface area contributed by atoms with Crippen molar-refractivity contribution in [2.24, 2.45) is 23.2 Å². The van der Waals surface area contributed by atoms with E-state index >= 15 is 4.39 Å². The van der Waals surface area contributed by atoms with Crippen LogP contribution in [0.15, 0.2) is 77.7 Å². The number of aliphatic hydroxyl groups excluding tert-OH is 2. The van der Waals surface area contributed by atoms with Crippen molar-refractivity contribution in [1.29, 1.82) is 0 Å². The molecule has 0 spiro atoms. The summed E-state index contributed by atoms with van der Waals surface area (Å²) >= 11 is 1.57. The van der Waals surface area contributed by atoms with Crippen LogP contribution in [-0.2, 0) is 23.9 Å². The quantitative estimate of drug-likeness (QED) is 0.0682. The van der Waals surface area contributed by atoms with E-state index in [1.807, 2.05) is 102 Å². The lowest BCUT2D eigenvalue weighted by Gasteiger charge is -2.42. The Hall–Kier alpha value is -6.81. The first-order chi connectivity index (χ1) is 40.5. The standard InChI is InChI=1S/C64H83FN10O9S/c1-10-40-12-11-13-43-28-46(76)29-48(52(40)43)54-53(65)55-49(31-66-54)58(73-32-44-18-19-45(33-73)75(44)62(81)84-64(7,8)9)71-61(70-55)83-27-25-72-23-20-39(21-24-72)22-26-82-35-51(78)69-57(63(4,5)6)60(80)74-34-47(77)30-50(74)59(79)68-37(2)41-14-16-42(17-15-41)56-38(3)67-36-85-56/h11-17,28-29,31,36-37,39,43-45,47,50,52,57,76-77H,10,18-27,30,32-35H2,1-9H3,(H,68,79)(H,69,78)/t37-,43?,44?,45?,47+,50-,52?,57+/m0/s1. The van der Waals surface area contributed by atoms with E-state index in [9.17, 15) is 29.4 Å². The van der Waals surface area contributed by atoms with Gasteiger partial charge in [0.05, 0.1) is 45.7 Å². The predicted octanol–water partition coefficient (Wildman–Crippen LogP) is 9.03. The number of piperidine rings is 1. The van der Waals surface area contributed by atoms with E-state index in [-0.39, 0.29) is 91.1 Å². The number of halogens is 1. The lowest BCUT2D eigenvalue weighted by Crippen LogP contribution is -2.58. The summed E-state index contributed by atoms with van der Waals surface area (Å²) in [6.07, 6.45) is 14.8. The zero-order chi connectivity index (χ0) is 60.5. The molecule has 456 valence electrons. The molecular formula is C64H83FN10O9S. The van der Waals surface area contributed by atoms with Crippen LogP contribution in [0.1, 0.15) is 123 Å². The van der Waals surface area contributed by atoms with Gasteiger partial charge in [-0.2, -0.15) is 9.97 Å². The molecule has 0 saturated carbocycles. The second kappa shape index (κ2) is 25.6. The fourth-order valence-corrected chi connectivity index (χ4v) is 13.8. The number of β-amino-alcohol motifs (C(OH)–C–C–N with tert-alkyl or cyclic N) is 1. The molecule has 2 aliphatic carbocycles. The molecule has 3 aromatic heterocycles. The molecule has 4 aromatic rings. The van der Waals surface area contributed by atoms with Crippen molar-refractivity contribution in [3.8, 4) is 16.5 Å². The van der Waals surface area contributed by atoms with Gasteiger partial charge >= 0.3 is 12.1 Å². The van der Waals surface area contributed by atoms with Crippen LogP contribution in [-0.4, -0.2) is 164 Å². The average molecular weight is 1190 g/mol. The van der Waals surface area contributed by atoms with Gasteiger partial charge in [-0.15, -0.1) is 11.3 Å². The van der Waals surface area contributed by atoms with Crippen LogP contribution < -0.4 is 20.3 Å². The van der Waals surface area contributed by atoms with Gasteiger partial charge in [-0.3, -0.25) is 29.2 Å². The summed E-state index contributed by atoms with van der Waals surface area (Å²) in [5, 5.41) is 28.0. The Balaban J connectivity index is 0.722. The van der Waals surface area contributed by atoms with Gasteiger partial charge in [0.25, 0.3) is 0 Å². The third kappa shape index (κ3) is 13.9. The number of allylic oxidation sites excluding steroid dienone is 7. The highest BCUT2D eigenvalue weighted by atomic mass is 32.1. The fourth-order valence-electron chi connectivity index (χ4n) is 13.0. The molecule has 2 bridgehead atoms. The molecule has 4 saturated heterocycles. The largest absolute Gasteiger partial charge is 0.508 e. The summed E-state index contributed by atoms with van der Waals surface area (Å²) in [5.41, 5.74) is 5.23. The highest BCUT2D eigenvalue weighted by molar-refractivity contribution is 7.13. The van der Waals surface area contributed by atoms with E-state index in [0.717, 1.165) is 78.9 Å². The Morgan fingerprint density at radius 3 is 2.34 bits per heavy atom. The molecule has 4 N–H and O–H groups in total. The second-order valence-electron chi connectivity index (χ2n) is 25.8. The number of aromatic nitrogens is 4. The smallest absolute Gasteiger partial charge is 0.410 e. The third-order valence-electron chi connectivity index (χ3n) is 17.5. The van der Waals surface area contributed by atoms with Crippen molar-refractivity contribution in [3.63, 3.8) is 0 Å². The van der Waals surface area contributed by atoms with Gasteiger partial charge in [-0.25, -0.2) is 14.2 Å². The van der Waals surface area contributed by atoms with Crippen LogP contribution >= 0.6 is 11.3 Å². The molecular weight excluding hydrogens is 1100 g/mol. The minimum atomic E-state index is -0.977. The van der Waals surface area contributed by atoms with Gasteiger partial charge in [0.1, 0.15) is 53.7 Å². The van der Waals surface area contributed by atoms with E-state index in [0.29, 0.717) is 48.9 Å². The number of anilines is 1. The molecule has 19 nitrogen and oxygen atoms in total. The van der Waals surface area contributed by atoms with Crippen LogP contribution in [0.4, 0.5) is 15.0 Å². The molecule has 4 unspecified atom stereocenters. The first-order valence-corrected chi connectivity index (χ1v) is 31.1. The third-order valence-corrected chi connectivity index (χ3v) is 18.4. The number of aryl methyl sites for hydroxylation is 1. The summed E-state index contributed by atoms with van der Waals surface area (Å²) < 4.78 is 35.4. The van der Waals surface area contributed by atoms with Crippen molar-refractivity contribution in [2.75, 3.05) is 64.0 Å². The highest BCUT2D eigenvalue weighted by Crippen LogP contribution is 2.45. The molecule has 6 aliphatic rings. The number of fused-ring (bicyclic) bond motifs is 4. The number of piperazine rings is 1. The van der Waals surface area contributed by atoms with Crippen LogP contribution in [0.3, 0.4) is 0 Å². The summed E-state index contributed by atoms with van der Waals surface area (Å²) in [7, 11) is 0. The van der Waals surface area contributed by atoms with E-state index < -0.39 is 46.8 Å². The molecule has 4 amide bonds. The van der Waals surface area contributed by atoms with Crippen LogP contribution in [0.25, 0.3) is 26.9 Å². The van der Waals surface area contributed by atoms with Gasteiger partial charge < -0.3 is 44.9 Å². The van der Waals surface area contributed by atoms with E-state index in [1.165, 1.54) is 4.90 Å². The fraction of sp³-hybridized carbons (Fsp3) is 0.562.